The highest BCUT2D eigenvalue weighted by Crippen LogP contribution is 2.44. The lowest BCUT2D eigenvalue weighted by Gasteiger charge is -2.19. The van der Waals surface area contributed by atoms with E-state index in [1.54, 1.807) is 0 Å². The van der Waals surface area contributed by atoms with Gasteiger partial charge in [-0.2, -0.15) is 0 Å². The number of nitrogens with two attached hydrogens (primary N) is 1. The zero-order valence-corrected chi connectivity index (χ0v) is 23.0. The monoisotopic (exact) mass is 582 g/mol. The first-order chi connectivity index (χ1) is 20.7. The molecule has 43 heavy (non-hydrogen) atoms. The minimum Gasteiger partial charge on any atom is -0.497 e. The van der Waals surface area contributed by atoms with Crippen LogP contribution in [0, 0.1) is 5.82 Å². The number of methoxy groups -OCH3 is 1. The van der Waals surface area contributed by atoms with Crippen molar-refractivity contribution in [1.29, 1.82) is 0 Å². The normalized spacial score (nSPS) is 12.4. The molecule has 0 fully saturated rings. The Bertz CT molecular complexity index is 1680. The Hall–Kier alpha value is -5.51. The van der Waals surface area contributed by atoms with Gasteiger partial charge in [0, 0.05) is 11.5 Å². The van der Waals surface area contributed by atoms with E-state index in [0.717, 1.165) is 28.3 Å². The maximum absolute atomic E-state index is 13.8. The average Bonchev–Trinajstić information content (AvgIpc) is 3.33. The van der Waals surface area contributed by atoms with Crippen LogP contribution < -0.4 is 20.5 Å². The second kappa shape index (κ2) is 12.6. The van der Waals surface area contributed by atoms with E-state index in [2.05, 4.69) is 5.32 Å². The van der Waals surface area contributed by atoms with E-state index in [1.165, 1.54) is 43.5 Å². The second-order valence-corrected chi connectivity index (χ2v) is 9.82. The van der Waals surface area contributed by atoms with Gasteiger partial charge in [-0.25, -0.2) is 14.0 Å². The number of amides is 2. The van der Waals surface area contributed by atoms with Gasteiger partial charge in [-0.15, -0.1) is 0 Å². The van der Waals surface area contributed by atoms with Gasteiger partial charge in [-0.3, -0.25) is 9.59 Å². The van der Waals surface area contributed by atoms with Crippen LogP contribution in [0.1, 0.15) is 39.4 Å². The van der Waals surface area contributed by atoms with Crippen molar-refractivity contribution < 1.29 is 37.8 Å². The number of nitrogens with one attached hydrogen (secondary N) is 1. The van der Waals surface area contributed by atoms with Crippen molar-refractivity contribution in [3.63, 3.8) is 0 Å². The van der Waals surface area contributed by atoms with Gasteiger partial charge in [0.1, 0.15) is 30.0 Å². The Morgan fingerprint density at radius 1 is 0.884 bits per heavy atom. The van der Waals surface area contributed by atoms with Crippen molar-refractivity contribution >= 4 is 23.8 Å². The molecule has 2 amide bonds. The summed E-state index contributed by atoms with van der Waals surface area (Å²) in [7, 11) is 1.39. The predicted molar refractivity (Wildman–Crippen MR) is 154 cm³/mol. The van der Waals surface area contributed by atoms with Gasteiger partial charge in [-0.05, 0) is 52.6 Å². The minimum atomic E-state index is -1.52. The van der Waals surface area contributed by atoms with E-state index in [4.69, 9.17) is 19.9 Å². The molecule has 1 atom stereocenters. The van der Waals surface area contributed by atoms with E-state index in [9.17, 15) is 23.6 Å². The fourth-order valence-corrected chi connectivity index (χ4v) is 5.04. The highest BCUT2D eigenvalue weighted by Gasteiger charge is 2.31. The molecule has 0 saturated heterocycles. The number of fused-ring (bicyclic) bond motifs is 3. The van der Waals surface area contributed by atoms with Crippen LogP contribution >= 0.6 is 0 Å². The van der Waals surface area contributed by atoms with Crippen LogP contribution in [0.25, 0.3) is 11.1 Å². The fraction of sp³-hybridized carbons (Fsp3) is 0.152. The Kier molecular flexibility index (Phi) is 8.47. The highest BCUT2D eigenvalue weighted by molar-refractivity contribution is 6.11. The van der Waals surface area contributed by atoms with Crippen molar-refractivity contribution in [2.24, 2.45) is 5.73 Å². The average molecular weight is 583 g/mol. The van der Waals surface area contributed by atoms with Crippen molar-refractivity contribution in [1.82, 2.24) is 5.32 Å². The SMILES string of the molecule is COc1ccc(OC(=O)[C@H](CC(N)=O)NC(=O)OCC2c3ccccc3-c3ccccc32)c(C(=O)c2cccc(F)c2)c1. The van der Waals surface area contributed by atoms with Gasteiger partial charge in [0.15, 0.2) is 5.78 Å². The summed E-state index contributed by atoms with van der Waals surface area (Å²) in [6.45, 7) is -0.0248. The molecule has 1 aliphatic rings. The summed E-state index contributed by atoms with van der Waals surface area (Å²) in [5.74, 6) is -3.35. The van der Waals surface area contributed by atoms with Gasteiger partial charge in [0.05, 0.1) is 19.1 Å². The first-order valence-electron chi connectivity index (χ1n) is 13.3. The summed E-state index contributed by atoms with van der Waals surface area (Å²) in [6.07, 6.45) is -1.55. The first-order valence-corrected chi connectivity index (χ1v) is 13.3. The smallest absolute Gasteiger partial charge is 0.407 e. The Morgan fingerprint density at radius 3 is 2.19 bits per heavy atom. The number of carbonyl (C=O) groups is 4. The molecule has 4 aromatic rings. The number of ether oxygens (including phenoxy) is 3. The van der Waals surface area contributed by atoms with E-state index < -0.39 is 42.0 Å². The first kappa shape index (κ1) is 29.0. The Labute approximate surface area is 246 Å². The molecule has 9 nitrogen and oxygen atoms in total. The largest absolute Gasteiger partial charge is 0.497 e. The number of halogens is 1. The maximum atomic E-state index is 13.8. The molecule has 0 bridgehead atoms. The van der Waals surface area contributed by atoms with Crippen LogP contribution in [-0.2, 0) is 14.3 Å². The molecular formula is C33H27FN2O7. The minimum absolute atomic E-state index is 0.0102. The van der Waals surface area contributed by atoms with Crippen LogP contribution in [0.15, 0.2) is 91.0 Å². The lowest BCUT2D eigenvalue weighted by atomic mass is 9.98. The number of benzene rings is 4. The van der Waals surface area contributed by atoms with Crippen molar-refractivity contribution in [2.75, 3.05) is 13.7 Å². The maximum Gasteiger partial charge on any atom is 0.407 e. The summed E-state index contributed by atoms with van der Waals surface area (Å²) in [4.78, 5) is 51.0. The van der Waals surface area contributed by atoms with Crippen LogP contribution in [-0.4, -0.2) is 43.5 Å². The molecule has 4 aromatic carbocycles. The van der Waals surface area contributed by atoms with Gasteiger partial charge in [0.2, 0.25) is 5.91 Å². The van der Waals surface area contributed by atoms with Crippen LogP contribution in [0.5, 0.6) is 11.5 Å². The molecule has 0 aromatic heterocycles. The number of esters is 1. The van der Waals surface area contributed by atoms with Gasteiger partial charge in [0.25, 0.3) is 0 Å². The molecule has 0 unspecified atom stereocenters. The Morgan fingerprint density at radius 2 is 1.56 bits per heavy atom. The van der Waals surface area contributed by atoms with E-state index in [1.807, 2.05) is 48.5 Å². The quantitative estimate of drug-likeness (QED) is 0.157. The van der Waals surface area contributed by atoms with Crippen molar-refractivity contribution in [3.8, 4) is 22.6 Å². The molecule has 10 heteroatoms. The lowest BCUT2D eigenvalue weighted by molar-refractivity contribution is -0.138. The molecule has 0 radical (unpaired) electrons. The van der Waals surface area contributed by atoms with E-state index in [-0.39, 0.29) is 35.2 Å². The number of alkyl carbamates (subject to hydrolysis) is 1. The predicted octanol–water partition coefficient (Wildman–Crippen LogP) is 4.75. The lowest BCUT2D eigenvalue weighted by Crippen LogP contribution is -2.45. The molecule has 5 rings (SSSR count). The zero-order chi connectivity index (χ0) is 30.5. The number of hydrogen-bond donors (Lipinski definition) is 2. The third-order valence-electron chi connectivity index (χ3n) is 7.05. The van der Waals surface area contributed by atoms with Gasteiger partial charge in [-0.1, -0.05) is 60.7 Å². The summed E-state index contributed by atoms with van der Waals surface area (Å²) in [5, 5.41) is 2.35. The standard InChI is InChI=1S/C33H27FN2O7/c1-41-21-13-14-29(26(16-21)31(38)19-7-6-8-20(34)15-19)43-32(39)28(17-30(35)37)36-33(40)42-18-27-24-11-4-2-9-22(24)23-10-3-5-12-25(23)27/h2-16,27-28H,17-18H2,1H3,(H2,35,37)(H,36,40)/t28-/m0/s1. The van der Waals surface area contributed by atoms with Crippen LogP contribution in [0.4, 0.5) is 9.18 Å². The highest BCUT2D eigenvalue weighted by atomic mass is 19.1. The van der Waals surface area contributed by atoms with E-state index in [0.29, 0.717) is 0 Å². The second-order valence-electron chi connectivity index (χ2n) is 9.82. The summed E-state index contributed by atoms with van der Waals surface area (Å²) in [6, 6.07) is 23.2. The number of hydrogen-bond acceptors (Lipinski definition) is 7. The van der Waals surface area contributed by atoms with Crippen molar-refractivity contribution in [3.05, 3.63) is 119 Å². The van der Waals surface area contributed by atoms with Crippen LogP contribution in [0.2, 0.25) is 0 Å². The van der Waals surface area contributed by atoms with Gasteiger partial charge < -0.3 is 25.3 Å². The van der Waals surface area contributed by atoms with E-state index >= 15 is 0 Å². The fourth-order valence-electron chi connectivity index (χ4n) is 5.04. The van der Waals surface area contributed by atoms with Gasteiger partial charge >= 0.3 is 12.1 Å². The molecule has 218 valence electrons. The molecule has 0 aliphatic heterocycles. The third-order valence-corrected chi connectivity index (χ3v) is 7.05. The van der Waals surface area contributed by atoms with Crippen molar-refractivity contribution in [2.45, 2.75) is 18.4 Å². The number of carbonyl (C=O) groups excluding carboxylic acids is 4. The summed E-state index contributed by atoms with van der Waals surface area (Å²) >= 11 is 0. The molecule has 1 aliphatic carbocycles. The number of rotatable bonds is 10. The zero-order valence-electron chi connectivity index (χ0n) is 23.0. The van der Waals surface area contributed by atoms with Crippen LogP contribution in [0.3, 0.4) is 0 Å². The molecule has 0 saturated carbocycles. The molecule has 3 N–H and O–H groups in total. The summed E-state index contributed by atoms with van der Waals surface area (Å²) < 4.78 is 29.9. The third kappa shape index (κ3) is 6.38. The number of primary amides is 1. The number of ketones is 1. The summed E-state index contributed by atoms with van der Waals surface area (Å²) in [5.41, 5.74) is 9.34. The topological polar surface area (TPSA) is 134 Å². The molecular weight excluding hydrogens is 555 g/mol. The molecule has 0 heterocycles. The molecule has 0 spiro atoms. The Balaban J connectivity index is 1.31.